The number of aromatic nitrogens is 3. The third kappa shape index (κ3) is 3.77. The average Bonchev–Trinajstić information content (AvgIpc) is 2.90. The molecule has 0 saturated carbocycles. The molecule has 0 atom stereocenters. The van der Waals surface area contributed by atoms with Crippen LogP contribution in [0.25, 0.3) is 10.2 Å². The van der Waals surface area contributed by atoms with E-state index in [1.807, 2.05) is 0 Å². The molecular weight excluding hydrogens is 370 g/mol. The molecule has 8 nitrogen and oxygen atoms in total. The lowest BCUT2D eigenvalue weighted by Crippen LogP contribution is -2.09. The van der Waals surface area contributed by atoms with Crippen molar-refractivity contribution in [2.24, 2.45) is 0 Å². The third-order valence-electron chi connectivity index (χ3n) is 3.23. The highest BCUT2D eigenvalue weighted by Crippen LogP contribution is 2.40. The van der Waals surface area contributed by atoms with E-state index in [2.05, 4.69) is 20.3 Å². The van der Waals surface area contributed by atoms with Crippen LogP contribution in [-0.4, -0.2) is 39.2 Å². The van der Waals surface area contributed by atoms with Crippen LogP contribution in [0.5, 0.6) is 10.9 Å². The molecule has 0 amide bonds. The summed E-state index contributed by atoms with van der Waals surface area (Å²) in [6, 6.07) is 3.20. The summed E-state index contributed by atoms with van der Waals surface area (Å²) in [7, 11) is 0. The molecule has 0 aliphatic heterocycles. The van der Waals surface area contributed by atoms with Crippen LogP contribution in [0.1, 0.15) is 5.56 Å². The normalized spacial score (nSPS) is 10.9. The number of carboxylic acid groups (broad SMARTS) is 1. The van der Waals surface area contributed by atoms with Gasteiger partial charge >= 0.3 is 6.16 Å². The van der Waals surface area contributed by atoms with Crippen molar-refractivity contribution in [2.45, 2.75) is 13.3 Å². The van der Waals surface area contributed by atoms with Crippen molar-refractivity contribution in [1.82, 2.24) is 15.0 Å². The number of ether oxygens (including phenoxy) is 2. The fraction of sp³-hybridized carbons (Fsp3) is 0.200. The molecule has 0 spiro atoms. The first-order valence-corrected chi connectivity index (χ1v) is 8.05. The summed E-state index contributed by atoms with van der Waals surface area (Å²) in [6.45, 7) is 0.877. The van der Waals surface area contributed by atoms with Crippen molar-refractivity contribution in [3.05, 3.63) is 30.2 Å². The molecule has 0 aromatic carbocycles. The quantitative estimate of drug-likeness (QED) is 0.620. The number of nitrogens with zero attached hydrogens (tertiary/aromatic N) is 3. The van der Waals surface area contributed by atoms with E-state index in [1.54, 1.807) is 19.1 Å². The Morgan fingerprint density at radius 2 is 2.19 bits per heavy atom. The second kappa shape index (κ2) is 7.44. The number of pyridine rings is 1. The van der Waals surface area contributed by atoms with Gasteiger partial charge in [0.25, 0.3) is 6.43 Å². The van der Waals surface area contributed by atoms with Gasteiger partial charge in [-0.3, -0.25) is 0 Å². The van der Waals surface area contributed by atoms with Gasteiger partial charge in [0.15, 0.2) is 11.7 Å². The van der Waals surface area contributed by atoms with Gasteiger partial charge in [-0.25, -0.2) is 28.5 Å². The SMILES string of the molecule is Cc1c(OC(=O)O)sc2ncnc(Nc3cccnc3OCC(F)F)c12. The van der Waals surface area contributed by atoms with Gasteiger partial charge < -0.3 is 19.9 Å². The standard InChI is InChI=1S/C15H12F2N4O4S/c1-7-10-11(19-6-20-13(10)26-14(7)25-15(22)23)21-8-3-2-4-18-12(8)24-5-9(16)17/h2-4,6,9H,5H2,1H3,(H,22,23)(H,19,20,21). The Morgan fingerprint density at radius 1 is 1.38 bits per heavy atom. The fourth-order valence-corrected chi connectivity index (χ4v) is 3.19. The number of aryl methyl sites for hydroxylation is 1. The van der Waals surface area contributed by atoms with Crippen LogP contribution < -0.4 is 14.8 Å². The number of nitrogens with one attached hydrogen (secondary N) is 1. The van der Waals surface area contributed by atoms with Crippen LogP contribution in [0, 0.1) is 6.92 Å². The molecule has 0 fully saturated rings. The van der Waals surface area contributed by atoms with E-state index in [4.69, 9.17) is 14.6 Å². The molecule has 0 aliphatic rings. The van der Waals surface area contributed by atoms with E-state index < -0.39 is 19.2 Å². The first-order valence-electron chi connectivity index (χ1n) is 7.23. The predicted octanol–water partition coefficient (Wildman–Crippen LogP) is 3.84. The minimum Gasteiger partial charge on any atom is -0.470 e. The Balaban J connectivity index is 1.97. The number of alkyl halides is 2. The van der Waals surface area contributed by atoms with Gasteiger partial charge in [-0.1, -0.05) is 11.3 Å². The lowest BCUT2D eigenvalue weighted by atomic mass is 10.2. The zero-order valence-electron chi connectivity index (χ0n) is 13.3. The largest absolute Gasteiger partial charge is 0.512 e. The zero-order chi connectivity index (χ0) is 18.7. The molecule has 3 aromatic heterocycles. The summed E-state index contributed by atoms with van der Waals surface area (Å²) in [5.41, 5.74) is 0.869. The van der Waals surface area contributed by atoms with Crippen molar-refractivity contribution >= 4 is 39.2 Å². The van der Waals surface area contributed by atoms with E-state index in [1.165, 1.54) is 12.5 Å². The molecular formula is C15H12F2N4O4S. The second-order valence-corrected chi connectivity index (χ2v) is 5.93. The predicted molar refractivity (Wildman–Crippen MR) is 89.8 cm³/mol. The lowest BCUT2D eigenvalue weighted by molar-refractivity contribution is 0.0800. The Kier molecular flexibility index (Phi) is 5.07. The molecule has 0 bridgehead atoms. The first-order chi connectivity index (χ1) is 12.5. The number of fused-ring (bicyclic) bond motifs is 1. The maximum Gasteiger partial charge on any atom is 0.512 e. The number of carbonyl (C=O) groups is 1. The van der Waals surface area contributed by atoms with E-state index in [-0.39, 0.29) is 10.9 Å². The monoisotopic (exact) mass is 382 g/mol. The minimum atomic E-state index is -2.63. The molecule has 3 rings (SSSR count). The van der Waals surface area contributed by atoms with Crippen LogP contribution in [0.3, 0.4) is 0 Å². The van der Waals surface area contributed by atoms with Gasteiger partial charge in [0.05, 0.1) is 5.39 Å². The zero-order valence-corrected chi connectivity index (χ0v) is 14.1. The number of thiophene rings is 1. The van der Waals surface area contributed by atoms with E-state index in [9.17, 15) is 13.6 Å². The van der Waals surface area contributed by atoms with Crippen molar-refractivity contribution in [2.75, 3.05) is 11.9 Å². The van der Waals surface area contributed by atoms with Crippen molar-refractivity contribution in [3.8, 4) is 10.9 Å². The smallest absolute Gasteiger partial charge is 0.470 e. The minimum absolute atomic E-state index is 0.00513. The molecule has 0 radical (unpaired) electrons. The van der Waals surface area contributed by atoms with E-state index in [0.717, 1.165) is 11.3 Å². The number of anilines is 2. The summed E-state index contributed by atoms with van der Waals surface area (Å²) in [4.78, 5) is 23.5. The van der Waals surface area contributed by atoms with Crippen LogP contribution in [-0.2, 0) is 0 Å². The van der Waals surface area contributed by atoms with Gasteiger partial charge in [0.1, 0.15) is 22.7 Å². The maximum absolute atomic E-state index is 12.4. The van der Waals surface area contributed by atoms with Crippen molar-refractivity contribution < 1.29 is 28.2 Å². The lowest BCUT2D eigenvalue weighted by Gasteiger charge is -2.12. The Labute approximate surface area is 149 Å². The molecule has 0 aliphatic carbocycles. The van der Waals surface area contributed by atoms with Gasteiger partial charge in [-0.2, -0.15) is 0 Å². The van der Waals surface area contributed by atoms with Crippen molar-refractivity contribution in [3.63, 3.8) is 0 Å². The van der Waals surface area contributed by atoms with Crippen LogP contribution in [0.2, 0.25) is 0 Å². The molecule has 2 N–H and O–H groups in total. The maximum atomic E-state index is 12.4. The highest BCUT2D eigenvalue weighted by atomic mass is 32.1. The Bertz CT molecular complexity index is 951. The summed E-state index contributed by atoms with van der Waals surface area (Å²) in [5, 5.41) is 12.5. The summed E-state index contributed by atoms with van der Waals surface area (Å²) in [5.74, 6) is 0.341. The molecule has 3 heterocycles. The number of rotatable bonds is 6. The number of hydrogen-bond donors (Lipinski definition) is 2. The second-order valence-electron chi connectivity index (χ2n) is 4.97. The Morgan fingerprint density at radius 3 is 2.92 bits per heavy atom. The molecule has 3 aromatic rings. The highest BCUT2D eigenvalue weighted by Gasteiger charge is 2.18. The molecule has 11 heteroatoms. The third-order valence-corrected chi connectivity index (χ3v) is 4.31. The van der Waals surface area contributed by atoms with Gasteiger partial charge in [0, 0.05) is 11.8 Å². The molecule has 136 valence electrons. The molecule has 0 unspecified atom stereocenters. The summed E-state index contributed by atoms with van der Waals surface area (Å²) in [6.07, 6.45) is -1.36. The summed E-state index contributed by atoms with van der Waals surface area (Å²) >= 11 is 1.06. The molecule has 26 heavy (non-hydrogen) atoms. The van der Waals surface area contributed by atoms with E-state index in [0.29, 0.717) is 27.3 Å². The van der Waals surface area contributed by atoms with Crippen molar-refractivity contribution in [1.29, 1.82) is 0 Å². The molecule has 0 saturated heterocycles. The topological polar surface area (TPSA) is 106 Å². The van der Waals surface area contributed by atoms with Gasteiger partial charge in [-0.05, 0) is 19.1 Å². The van der Waals surface area contributed by atoms with Crippen LogP contribution >= 0.6 is 11.3 Å². The number of halogens is 2. The highest BCUT2D eigenvalue weighted by molar-refractivity contribution is 7.20. The first kappa shape index (κ1) is 17.7. The average molecular weight is 382 g/mol. The fourth-order valence-electron chi connectivity index (χ4n) is 2.19. The van der Waals surface area contributed by atoms with E-state index >= 15 is 0 Å². The van der Waals surface area contributed by atoms with Crippen LogP contribution in [0.4, 0.5) is 25.1 Å². The van der Waals surface area contributed by atoms with Crippen LogP contribution in [0.15, 0.2) is 24.7 Å². The Hall–Kier alpha value is -3.08. The van der Waals surface area contributed by atoms with Gasteiger partial charge in [0.2, 0.25) is 5.88 Å². The van der Waals surface area contributed by atoms with Gasteiger partial charge in [-0.15, -0.1) is 0 Å². The summed E-state index contributed by atoms with van der Waals surface area (Å²) < 4.78 is 34.5. The number of hydrogen-bond acceptors (Lipinski definition) is 8.